The first-order chi connectivity index (χ1) is 15.1. The summed E-state index contributed by atoms with van der Waals surface area (Å²) in [5.41, 5.74) is 7.35. The smallest absolute Gasteiger partial charge is 0.287 e. The number of nitrogens with one attached hydrogen (secondary N) is 4. The Balaban J connectivity index is 1.52. The van der Waals surface area contributed by atoms with Crippen molar-refractivity contribution in [1.82, 2.24) is 21.5 Å². The molecule has 31 heavy (non-hydrogen) atoms. The van der Waals surface area contributed by atoms with Crippen LogP contribution in [-0.2, 0) is 17.6 Å². The van der Waals surface area contributed by atoms with Crippen molar-refractivity contribution in [2.45, 2.75) is 18.9 Å². The third-order valence-corrected chi connectivity index (χ3v) is 4.74. The molecular weight excluding hydrogens is 412 g/mol. The number of carbonyl (C=O) groups is 2. The fourth-order valence-electron chi connectivity index (χ4n) is 2.91. The summed E-state index contributed by atoms with van der Waals surface area (Å²) in [5, 5.41) is 6.04. The van der Waals surface area contributed by atoms with Crippen molar-refractivity contribution in [3.63, 3.8) is 0 Å². The van der Waals surface area contributed by atoms with E-state index >= 15 is 0 Å². The second kappa shape index (κ2) is 11.5. The predicted molar refractivity (Wildman–Crippen MR) is 122 cm³/mol. The van der Waals surface area contributed by atoms with Crippen LogP contribution in [0.25, 0.3) is 0 Å². The van der Waals surface area contributed by atoms with Crippen LogP contribution in [0.4, 0.5) is 0 Å². The van der Waals surface area contributed by atoms with Gasteiger partial charge in [-0.3, -0.25) is 20.4 Å². The van der Waals surface area contributed by atoms with Gasteiger partial charge in [-0.05, 0) is 41.9 Å². The van der Waals surface area contributed by atoms with Crippen LogP contribution in [0.15, 0.2) is 83.5 Å². The lowest BCUT2D eigenvalue weighted by atomic mass is 10.1. The van der Waals surface area contributed by atoms with Gasteiger partial charge in [0.25, 0.3) is 11.8 Å². The summed E-state index contributed by atoms with van der Waals surface area (Å²) >= 11 is 5.22. The van der Waals surface area contributed by atoms with Gasteiger partial charge in [-0.25, -0.2) is 0 Å². The van der Waals surface area contributed by atoms with Gasteiger partial charge in [-0.2, -0.15) is 0 Å². The number of furan rings is 1. The molecule has 0 unspecified atom stereocenters. The Labute approximate surface area is 186 Å². The maximum absolute atomic E-state index is 12.7. The number of hydrogen-bond acceptors (Lipinski definition) is 4. The molecule has 7 nitrogen and oxygen atoms in total. The molecule has 0 radical (unpaired) electrons. The summed E-state index contributed by atoms with van der Waals surface area (Å²) in [7, 11) is 0. The molecule has 1 atom stereocenters. The van der Waals surface area contributed by atoms with Crippen molar-refractivity contribution in [3.8, 4) is 0 Å². The number of amides is 2. The summed E-state index contributed by atoms with van der Waals surface area (Å²) in [5.74, 6) is -0.752. The Morgan fingerprint density at radius 1 is 0.871 bits per heavy atom. The molecule has 1 heterocycles. The highest BCUT2D eigenvalue weighted by molar-refractivity contribution is 7.80. The molecular formula is C23H24N4O3S. The van der Waals surface area contributed by atoms with Crippen LogP contribution in [0, 0.1) is 0 Å². The second-order valence-corrected chi connectivity index (χ2v) is 7.21. The molecule has 0 aliphatic heterocycles. The minimum atomic E-state index is -0.820. The van der Waals surface area contributed by atoms with Crippen LogP contribution in [0.1, 0.15) is 21.7 Å². The Morgan fingerprint density at radius 3 is 2.19 bits per heavy atom. The minimum Gasteiger partial charge on any atom is -0.459 e. The first-order valence-electron chi connectivity index (χ1n) is 9.88. The second-order valence-electron chi connectivity index (χ2n) is 6.80. The van der Waals surface area contributed by atoms with E-state index in [0.29, 0.717) is 18.1 Å². The largest absolute Gasteiger partial charge is 0.459 e. The van der Waals surface area contributed by atoms with Gasteiger partial charge in [0.2, 0.25) is 0 Å². The number of benzene rings is 2. The lowest BCUT2D eigenvalue weighted by Crippen LogP contribution is -2.55. The van der Waals surface area contributed by atoms with Gasteiger partial charge >= 0.3 is 0 Å². The van der Waals surface area contributed by atoms with Crippen molar-refractivity contribution in [2.75, 3.05) is 6.54 Å². The Hall–Kier alpha value is -3.65. The monoisotopic (exact) mass is 436 g/mol. The quantitative estimate of drug-likeness (QED) is 0.320. The molecule has 0 aliphatic carbocycles. The molecule has 2 aromatic carbocycles. The van der Waals surface area contributed by atoms with Gasteiger partial charge in [-0.1, -0.05) is 60.7 Å². The molecule has 3 rings (SSSR count). The topological polar surface area (TPSA) is 95.4 Å². The Morgan fingerprint density at radius 2 is 1.55 bits per heavy atom. The van der Waals surface area contributed by atoms with E-state index in [0.717, 1.165) is 12.0 Å². The van der Waals surface area contributed by atoms with Crippen LogP contribution >= 0.6 is 12.2 Å². The molecule has 160 valence electrons. The van der Waals surface area contributed by atoms with Gasteiger partial charge in [0.05, 0.1) is 6.26 Å². The van der Waals surface area contributed by atoms with Crippen LogP contribution in [0.3, 0.4) is 0 Å². The third kappa shape index (κ3) is 7.27. The van der Waals surface area contributed by atoms with Crippen molar-refractivity contribution in [1.29, 1.82) is 0 Å². The van der Waals surface area contributed by atoms with E-state index in [1.807, 2.05) is 60.7 Å². The summed E-state index contributed by atoms with van der Waals surface area (Å²) in [6.07, 6.45) is 2.52. The zero-order chi connectivity index (χ0) is 21.9. The van der Waals surface area contributed by atoms with Crippen molar-refractivity contribution < 1.29 is 14.0 Å². The van der Waals surface area contributed by atoms with E-state index in [4.69, 9.17) is 16.6 Å². The molecule has 0 spiro atoms. The lowest BCUT2D eigenvalue weighted by Gasteiger charge is -2.19. The minimum absolute atomic E-state index is 0.136. The number of hydrazine groups is 1. The number of rotatable bonds is 8. The Kier molecular flexibility index (Phi) is 8.19. The molecule has 1 aromatic heterocycles. The van der Waals surface area contributed by atoms with E-state index in [1.165, 1.54) is 17.9 Å². The first-order valence-corrected chi connectivity index (χ1v) is 10.3. The van der Waals surface area contributed by atoms with E-state index in [2.05, 4.69) is 21.5 Å². The molecule has 4 N–H and O–H groups in total. The maximum Gasteiger partial charge on any atom is 0.287 e. The van der Waals surface area contributed by atoms with E-state index in [-0.39, 0.29) is 5.76 Å². The van der Waals surface area contributed by atoms with E-state index < -0.39 is 17.9 Å². The molecule has 8 heteroatoms. The zero-order valence-corrected chi connectivity index (χ0v) is 17.7. The molecule has 0 saturated heterocycles. The maximum atomic E-state index is 12.7. The Bertz CT molecular complexity index is 979. The third-order valence-electron chi connectivity index (χ3n) is 4.49. The first kappa shape index (κ1) is 22.0. The zero-order valence-electron chi connectivity index (χ0n) is 16.8. The van der Waals surface area contributed by atoms with E-state index in [1.54, 1.807) is 6.07 Å². The summed E-state index contributed by atoms with van der Waals surface area (Å²) in [6, 6.07) is 21.8. The average Bonchev–Trinajstić information content (AvgIpc) is 3.34. The van der Waals surface area contributed by atoms with Crippen LogP contribution in [0.5, 0.6) is 0 Å². The summed E-state index contributed by atoms with van der Waals surface area (Å²) in [4.78, 5) is 25.1. The molecule has 0 bridgehead atoms. The molecule has 0 aliphatic rings. The van der Waals surface area contributed by atoms with Gasteiger partial charge in [0.15, 0.2) is 10.9 Å². The normalized spacial score (nSPS) is 11.2. The highest BCUT2D eigenvalue weighted by atomic mass is 32.1. The van der Waals surface area contributed by atoms with Gasteiger partial charge in [0, 0.05) is 13.0 Å². The lowest BCUT2D eigenvalue weighted by molar-refractivity contribution is -0.123. The number of hydrogen-bond donors (Lipinski definition) is 4. The van der Waals surface area contributed by atoms with Crippen molar-refractivity contribution >= 4 is 29.1 Å². The molecule has 0 saturated carbocycles. The predicted octanol–water partition coefficient (Wildman–Crippen LogP) is 2.36. The van der Waals surface area contributed by atoms with Crippen LogP contribution < -0.4 is 21.5 Å². The van der Waals surface area contributed by atoms with Crippen molar-refractivity contribution in [2.24, 2.45) is 0 Å². The van der Waals surface area contributed by atoms with Gasteiger partial charge < -0.3 is 15.1 Å². The van der Waals surface area contributed by atoms with Crippen LogP contribution in [-0.4, -0.2) is 29.5 Å². The SMILES string of the molecule is O=C(N[C@@H](Cc1ccccc1)C(=O)NNC(=S)NCCc1ccccc1)c1ccco1. The van der Waals surface area contributed by atoms with E-state index in [9.17, 15) is 9.59 Å². The standard InChI is InChI=1S/C23H24N4O3S/c28-21(26-27-23(31)24-14-13-17-8-3-1-4-9-17)19(16-18-10-5-2-6-11-18)25-22(29)20-12-7-15-30-20/h1-12,15,19H,13-14,16H2,(H,25,29)(H,26,28)(H2,24,27,31)/t19-/m0/s1. The number of carbonyl (C=O) groups excluding carboxylic acids is 2. The summed E-state index contributed by atoms with van der Waals surface area (Å²) in [6.45, 7) is 0.619. The molecule has 2 amide bonds. The molecule has 0 fully saturated rings. The summed E-state index contributed by atoms with van der Waals surface area (Å²) < 4.78 is 5.11. The van der Waals surface area contributed by atoms with Gasteiger partial charge in [0.1, 0.15) is 6.04 Å². The fraction of sp³-hybridized carbons (Fsp3) is 0.174. The van der Waals surface area contributed by atoms with Crippen LogP contribution in [0.2, 0.25) is 0 Å². The highest BCUT2D eigenvalue weighted by Crippen LogP contribution is 2.06. The molecule has 3 aromatic rings. The highest BCUT2D eigenvalue weighted by Gasteiger charge is 2.23. The average molecular weight is 437 g/mol. The van der Waals surface area contributed by atoms with Crippen molar-refractivity contribution in [3.05, 3.63) is 95.9 Å². The fourth-order valence-corrected chi connectivity index (χ4v) is 3.06. The van der Waals surface area contributed by atoms with Gasteiger partial charge in [-0.15, -0.1) is 0 Å². The number of thiocarbonyl (C=S) groups is 1.